The van der Waals surface area contributed by atoms with Crippen molar-refractivity contribution in [3.63, 3.8) is 0 Å². The number of hydrogen-bond acceptors (Lipinski definition) is 4. The van der Waals surface area contributed by atoms with Crippen molar-refractivity contribution in [3.8, 4) is 5.75 Å². The molecule has 0 aliphatic heterocycles. The molecule has 1 amide bonds. The molecule has 1 aromatic carbocycles. The van der Waals surface area contributed by atoms with E-state index in [2.05, 4.69) is 10.5 Å². The average molecular weight is 278 g/mol. The Kier molecular flexibility index (Phi) is 4.25. The van der Waals surface area contributed by atoms with Crippen LogP contribution >= 0.6 is 11.3 Å². The van der Waals surface area contributed by atoms with Crippen molar-refractivity contribution in [2.24, 2.45) is 5.10 Å². The molecule has 1 heterocycles. The first-order chi connectivity index (χ1) is 9.19. The summed E-state index contributed by atoms with van der Waals surface area (Å²) in [5, 5.41) is 3.47. The number of ether oxygens (including phenoxy) is 1. The lowest BCUT2D eigenvalue weighted by Crippen LogP contribution is -2.17. The number of hydrogen-bond donors (Lipinski definition) is 1. The molecule has 19 heavy (non-hydrogen) atoms. The second-order valence-electron chi connectivity index (χ2n) is 3.57. The van der Waals surface area contributed by atoms with Gasteiger partial charge in [-0.2, -0.15) is 9.49 Å². The Labute approximate surface area is 113 Å². The quantitative estimate of drug-likeness (QED) is 0.690. The van der Waals surface area contributed by atoms with E-state index in [0.29, 0.717) is 16.2 Å². The Morgan fingerprint density at radius 1 is 1.42 bits per heavy atom. The third kappa shape index (κ3) is 3.62. The van der Waals surface area contributed by atoms with Crippen molar-refractivity contribution in [3.05, 3.63) is 52.0 Å². The van der Waals surface area contributed by atoms with E-state index in [0.717, 1.165) is 11.3 Å². The lowest BCUT2D eigenvalue weighted by molar-refractivity contribution is 0.0955. The molecule has 0 aliphatic rings. The zero-order valence-corrected chi connectivity index (χ0v) is 10.9. The molecule has 0 saturated heterocycles. The first-order valence-electron chi connectivity index (χ1n) is 5.42. The smallest absolute Gasteiger partial charge is 0.271 e. The van der Waals surface area contributed by atoms with Crippen LogP contribution in [0.25, 0.3) is 0 Å². The number of halogens is 1. The van der Waals surface area contributed by atoms with E-state index < -0.39 is 0 Å². The fourth-order valence-corrected chi connectivity index (χ4v) is 1.98. The van der Waals surface area contributed by atoms with E-state index in [4.69, 9.17) is 4.74 Å². The Bertz CT molecular complexity index is 610. The van der Waals surface area contributed by atoms with Crippen LogP contribution in [-0.2, 0) is 0 Å². The van der Waals surface area contributed by atoms with Gasteiger partial charge in [0.15, 0.2) is 5.13 Å². The predicted octanol–water partition coefficient (Wildman–Crippen LogP) is 2.66. The highest BCUT2D eigenvalue weighted by molar-refractivity contribution is 7.12. The van der Waals surface area contributed by atoms with Crippen LogP contribution in [0.15, 0.2) is 41.5 Å². The number of amides is 1. The van der Waals surface area contributed by atoms with Gasteiger partial charge in [-0.3, -0.25) is 4.79 Å². The SMILES string of the molecule is COc1cccc(C(=O)N/N=C/c2ccc(F)s2)c1. The molecular formula is C13H11FN2O2S. The number of thiophene rings is 1. The summed E-state index contributed by atoms with van der Waals surface area (Å²) in [7, 11) is 1.53. The highest BCUT2D eigenvalue weighted by Gasteiger charge is 2.05. The molecule has 0 fully saturated rings. The third-order valence-electron chi connectivity index (χ3n) is 2.28. The average Bonchev–Trinajstić information content (AvgIpc) is 2.84. The maximum Gasteiger partial charge on any atom is 0.271 e. The Morgan fingerprint density at radius 3 is 2.95 bits per heavy atom. The lowest BCUT2D eigenvalue weighted by Gasteiger charge is -2.02. The normalized spacial score (nSPS) is 10.6. The minimum atomic E-state index is -0.354. The summed E-state index contributed by atoms with van der Waals surface area (Å²) >= 11 is 0.954. The van der Waals surface area contributed by atoms with Crippen LogP contribution < -0.4 is 10.2 Å². The van der Waals surface area contributed by atoms with Gasteiger partial charge < -0.3 is 4.74 Å². The standard InChI is InChI=1S/C13H11FN2O2S/c1-18-10-4-2-3-9(7-10)13(17)16-15-8-11-5-6-12(14)19-11/h2-8H,1H3,(H,16,17)/b15-8+. The molecule has 0 aliphatic carbocycles. The Morgan fingerprint density at radius 2 is 2.26 bits per heavy atom. The summed E-state index contributed by atoms with van der Waals surface area (Å²) in [5.41, 5.74) is 2.81. The molecule has 4 nitrogen and oxygen atoms in total. The molecule has 0 unspecified atom stereocenters. The molecule has 0 spiro atoms. The van der Waals surface area contributed by atoms with Crippen LogP contribution in [-0.4, -0.2) is 19.2 Å². The summed E-state index contributed by atoms with van der Waals surface area (Å²) < 4.78 is 17.7. The maximum absolute atomic E-state index is 12.7. The largest absolute Gasteiger partial charge is 0.497 e. The molecule has 1 N–H and O–H groups in total. The van der Waals surface area contributed by atoms with Crippen LogP contribution in [0, 0.1) is 5.13 Å². The topological polar surface area (TPSA) is 50.7 Å². The number of nitrogens with one attached hydrogen (secondary N) is 1. The van der Waals surface area contributed by atoms with E-state index in [1.165, 1.54) is 19.4 Å². The van der Waals surface area contributed by atoms with Crippen LogP contribution in [0.4, 0.5) is 4.39 Å². The van der Waals surface area contributed by atoms with Crippen LogP contribution in [0.2, 0.25) is 0 Å². The molecule has 0 saturated carbocycles. The van der Waals surface area contributed by atoms with Gasteiger partial charge in [-0.05, 0) is 30.3 Å². The van der Waals surface area contributed by atoms with Crippen molar-refractivity contribution in [2.45, 2.75) is 0 Å². The Balaban J connectivity index is 1.99. The maximum atomic E-state index is 12.7. The molecule has 0 bridgehead atoms. The molecule has 6 heteroatoms. The molecule has 98 valence electrons. The summed E-state index contributed by atoms with van der Waals surface area (Å²) in [5.74, 6) is 0.240. The summed E-state index contributed by atoms with van der Waals surface area (Å²) in [6, 6.07) is 9.64. The number of hydrazone groups is 1. The van der Waals surface area contributed by atoms with Crippen molar-refractivity contribution >= 4 is 23.5 Å². The summed E-state index contributed by atoms with van der Waals surface area (Å²) in [4.78, 5) is 12.4. The number of rotatable bonds is 4. The van der Waals surface area contributed by atoms with Gasteiger partial charge in [0.2, 0.25) is 0 Å². The van der Waals surface area contributed by atoms with Crippen molar-refractivity contribution < 1.29 is 13.9 Å². The van der Waals surface area contributed by atoms with E-state index in [-0.39, 0.29) is 11.0 Å². The highest BCUT2D eigenvalue weighted by atomic mass is 32.1. The van der Waals surface area contributed by atoms with E-state index >= 15 is 0 Å². The monoisotopic (exact) mass is 278 g/mol. The number of nitrogens with zero attached hydrogens (tertiary/aromatic N) is 1. The first-order valence-corrected chi connectivity index (χ1v) is 6.23. The molecule has 1 aromatic heterocycles. The minimum Gasteiger partial charge on any atom is -0.497 e. The van der Waals surface area contributed by atoms with Gasteiger partial charge in [0.1, 0.15) is 5.75 Å². The molecule has 2 aromatic rings. The number of carbonyl (C=O) groups is 1. The third-order valence-corrected chi connectivity index (χ3v) is 3.09. The van der Waals surface area contributed by atoms with Crippen molar-refractivity contribution in [1.82, 2.24) is 5.43 Å². The molecular weight excluding hydrogens is 267 g/mol. The zero-order valence-electron chi connectivity index (χ0n) is 10.1. The van der Waals surface area contributed by atoms with Gasteiger partial charge in [-0.1, -0.05) is 6.07 Å². The van der Waals surface area contributed by atoms with E-state index in [9.17, 15) is 9.18 Å². The van der Waals surface area contributed by atoms with Crippen molar-refractivity contribution in [2.75, 3.05) is 7.11 Å². The van der Waals surface area contributed by atoms with Gasteiger partial charge in [0, 0.05) is 5.56 Å². The number of carbonyl (C=O) groups excluding carboxylic acids is 1. The zero-order chi connectivity index (χ0) is 13.7. The second-order valence-corrected chi connectivity index (χ2v) is 4.64. The number of methoxy groups -OCH3 is 1. The molecule has 0 radical (unpaired) electrons. The molecule has 2 rings (SSSR count). The van der Waals surface area contributed by atoms with Gasteiger partial charge in [-0.15, -0.1) is 11.3 Å². The predicted molar refractivity (Wildman–Crippen MR) is 72.3 cm³/mol. The van der Waals surface area contributed by atoms with Crippen molar-refractivity contribution in [1.29, 1.82) is 0 Å². The van der Waals surface area contributed by atoms with Gasteiger partial charge in [0.05, 0.1) is 18.2 Å². The summed E-state index contributed by atoms with van der Waals surface area (Å²) in [6.45, 7) is 0. The number of benzene rings is 1. The van der Waals surface area contributed by atoms with Gasteiger partial charge in [-0.25, -0.2) is 5.43 Å². The van der Waals surface area contributed by atoms with E-state index in [1.54, 1.807) is 30.3 Å². The van der Waals surface area contributed by atoms with Gasteiger partial charge in [0.25, 0.3) is 5.91 Å². The fourth-order valence-electron chi connectivity index (χ4n) is 1.38. The lowest BCUT2D eigenvalue weighted by atomic mass is 10.2. The highest BCUT2D eigenvalue weighted by Crippen LogP contribution is 2.13. The van der Waals surface area contributed by atoms with Crippen LogP contribution in [0.3, 0.4) is 0 Å². The second kappa shape index (κ2) is 6.10. The van der Waals surface area contributed by atoms with Crippen LogP contribution in [0.1, 0.15) is 15.2 Å². The minimum absolute atomic E-state index is 0.291. The van der Waals surface area contributed by atoms with Gasteiger partial charge >= 0.3 is 0 Å². The Hall–Kier alpha value is -2.21. The summed E-state index contributed by atoms with van der Waals surface area (Å²) in [6.07, 6.45) is 1.39. The van der Waals surface area contributed by atoms with E-state index in [1.807, 2.05) is 0 Å². The first kappa shape index (κ1) is 13.2. The fraction of sp³-hybridized carbons (Fsp3) is 0.0769. The molecule has 0 atom stereocenters. The van der Waals surface area contributed by atoms with Crippen LogP contribution in [0.5, 0.6) is 5.75 Å².